The molecule has 0 fully saturated rings. The standard InChI is InChI=1S/C13H11N3OS/c14-11-9-12(17)16-13(15-11)18-8-4-7-10-5-2-1-3-6-10/h1-3,5-6,9H,8H2,(H3,14,15,16,17). The molecular formula is C13H11N3OS. The van der Waals surface area contributed by atoms with E-state index >= 15 is 0 Å². The van der Waals surface area contributed by atoms with E-state index in [1.165, 1.54) is 17.8 Å². The first kappa shape index (κ1) is 12.3. The van der Waals surface area contributed by atoms with Gasteiger partial charge >= 0.3 is 0 Å². The summed E-state index contributed by atoms with van der Waals surface area (Å²) in [6.07, 6.45) is 0. The summed E-state index contributed by atoms with van der Waals surface area (Å²) in [5.41, 5.74) is 6.19. The molecule has 90 valence electrons. The number of rotatable bonds is 2. The summed E-state index contributed by atoms with van der Waals surface area (Å²) in [6, 6.07) is 11.0. The molecule has 0 spiro atoms. The zero-order chi connectivity index (χ0) is 12.8. The number of nitrogen functional groups attached to an aromatic ring is 1. The van der Waals surface area contributed by atoms with Crippen molar-refractivity contribution < 1.29 is 0 Å². The molecule has 0 aliphatic heterocycles. The maximum atomic E-state index is 11.1. The molecule has 4 nitrogen and oxygen atoms in total. The van der Waals surface area contributed by atoms with Crippen molar-refractivity contribution in [2.45, 2.75) is 5.16 Å². The fourth-order valence-electron chi connectivity index (χ4n) is 1.29. The summed E-state index contributed by atoms with van der Waals surface area (Å²) in [5, 5.41) is 0.488. The minimum atomic E-state index is -0.249. The van der Waals surface area contributed by atoms with Crippen molar-refractivity contribution in [1.82, 2.24) is 9.97 Å². The zero-order valence-corrected chi connectivity index (χ0v) is 10.3. The van der Waals surface area contributed by atoms with Crippen LogP contribution in [-0.2, 0) is 0 Å². The molecule has 0 unspecified atom stereocenters. The molecule has 0 aliphatic rings. The van der Waals surface area contributed by atoms with Crippen molar-refractivity contribution in [3.8, 4) is 11.8 Å². The van der Waals surface area contributed by atoms with Crippen molar-refractivity contribution in [3.05, 3.63) is 52.3 Å². The highest BCUT2D eigenvalue weighted by molar-refractivity contribution is 7.99. The number of aromatic nitrogens is 2. The minimum absolute atomic E-state index is 0.220. The van der Waals surface area contributed by atoms with E-state index in [1.807, 2.05) is 30.3 Å². The van der Waals surface area contributed by atoms with E-state index in [0.29, 0.717) is 10.9 Å². The van der Waals surface area contributed by atoms with Crippen LogP contribution in [0.4, 0.5) is 5.82 Å². The number of benzene rings is 1. The van der Waals surface area contributed by atoms with E-state index in [-0.39, 0.29) is 11.4 Å². The van der Waals surface area contributed by atoms with Crippen molar-refractivity contribution in [1.29, 1.82) is 0 Å². The molecule has 5 heteroatoms. The molecule has 0 saturated carbocycles. The molecule has 2 rings (SSSR count). The van der Waals surface area contributed by atoms with Gasteiger partial charge in [-0.05, 0) is 12.1 Å². The Bertz CT molecular complexity index is 641. The lowest BCUT2D eigenvalue weighted by Crippen LogP contribution is -2.09. The lowest BCUT2D eigenvalue weighted by Gasteiger charge is -1.96. The predicted octanol–water partition coefficient (Wildman–Crippen LogP) is 1.50. The summed E-state index contributed by atoms with van der Waals surface area (Å²) in [7, 11) is 0. The smallest absolute Gasteiger partial charge is 0.253 e. The fraction of sp³-hybridized carbons (Fsp3) is 0.0769. The quantitative estimate of drug-likeness (QED) is 0.486. The van der Waals surface area contributed by atoms with Gasteiger partial charge in [-0.3, -0.25) is 4.79 Å². The monoisotopic (exact) mass is 257 g/mol. The molecule has 1 aromatic heterocycles. The van der Waals surface area contributed by atoms with Crippen LogP contribution < -0.4 is 11.3 Å². The van der Waals surface area contributed by atoms with Crippen LogP contribution in [0.5, 0.6) is 0 Å². The summed E-state index contributed by atoms with van der Waals surface area (Å²) in [4.78, 5) is 17.7. The van der Waals surface area contributed by atoms with Gasteiger partial charge in [0.25, 0.3) is 5.56 Å². The molecule has 0 atom stereocenters. The van der Waals surface area contributed by atoms with E-state index in [2.05, 4.69) is 21.8 Å². The maximum absolute atomic E-state index is 11.1. The topological polar surface area (TPSA) is 71.8 Å². The highest BCUT2D eigenvalue weighted by Crippen LogP contribution is 2.10. The van der Waals surface area contributed by atoms with Gasteiger partial charge in [-0.1, -0.05) is 41.8 Å². The third-order valence-electron chi connectivity index (χ3n) is 2.03. The summed E-state index contributed by atoms with van der Waals surface area (Å²) in [6.45, 7) is 0. The van der Waals surface area contributed by atoms with Gasteiger partial charge in [0.2, 0.25) is 0 Å². The molecule has 0 bridgehead atoms. The van der Waals surface area contributed by atoms with Crippen molar-refractivity contribution >= 4 is 17.6 Å². The highest BCUT2D eigenvalue weighted by atomic mass is 32.2. The van der Waals surface area contributed by atoms with Crippen LogP contribution in [-0.4, -0.2) is 15.7 Å². The molecular weight excluding hydrogens is 246 g/mol. The summed E-state index contributed by atoms with van der Waals surface area (Å²) < 4.78 is 0. The number of hydrogen-bond acceptors (Lipinski definition) is 4. The predicted molar refractivity (Wildman–Crippen MR) is 73.3 cm³/mol. The number of thioether (sulfide) groups is 1. The Kier molecular flexibility index (Phi) is 4.05. The number of anilines is 1. The molecule has 0 amide bonds. The Morgan fingerprint density at radius 3 is 2.83 bits per heavy atom. The molecule has 0 saturated heterocycles. The van der Waals surface area contributed by atoms with Gasteiger partial charge in [-0.25, -0.2) is 4.98 Å². The van der Waals surface area contributed by atoms with Gasteiger partial charge in [0, 0.05) is 11.6 Å². The largest absolute Gasteiger partial charge is 0.383 e. The van der Waals surface area contributed by atoms with E-state index in [9.17, 15) is 4.79 Å². The van der Waals surface area contributed by atoms with E-state index < -0.39 is 0 Å². The van der Waals surface area contributed by atoms with E-state index in [1.54, 1.807) is 0 Å². The van der Waals surface area contributed by atoms with E-state index in [0.717, 1.165) is 5.56 Å². The van der Waals surface area contributed by atoms with Gasteiger partial charge in [-0.15, -0.1) is 0 Å². The first-order valence-electron chi connectivity index (χ1n) is 5.27. The SMILES string of the molecule is Nc1cc(=O)[nH]c(SCC#Cc2ccccc2)n1. The average Bonchev–Trinajstić information content (AvgIpc) is 2.35. The van der Waals surface area contributed by atoms with Crippen LogP contribution in [0.1, 0.15) is 5.56 Å². The molecule has 3 N–H and O–H groups in total. The number of H-pyrrole nitrogens is 1. The minimum Gasteiger partial charge on any atom is -0.383 e. The first-order chi connectivity index (χ1) is 8.74. The fourth-order valence-corrected chi connectivity index (χ4v) is 1.91. The molecule has 0 radical (unpaired) electrons. The number of nitrogens with zero attached hydrogens (tertiary/aromatic N) is 1. The van der Waals surface area contributed by atoms with Gasteiger partial charge in [0.05, 0.1) is 5.75 Å². The number of hydrogen-bond donors (Lipinski definition) is 2. The lowest BCUT2D eigenvalue weighted by atomic mass is 10.2. The van der Waals surface area contributed by atoms with Crippen LogP contribution in [0.3, 0.4) is 0 Å². The second-order valence-corrected chi connectivity index (χ2v) is 4.40. The molecule has 18 heavy (non-hydrogen) atoms. The van der Waals surface area contributed by atoms with Crippen LogP contribution in [0.25, 0.3) is 0 Å². The van der Waals surface area contributed by atoms with E-state index in [4.69, 9.17) is 5.73 Å². The van der Waals surface area contributed by atoms with Crippen LogP contribution >= 0.6 is 11.8 Å². The molecule has 0 aliphatic carbocycles. The average molecular weight is 257 g/mol. The Morgan fingerprint density at radius 1 is 1.33 bits per heavy atom. The number of nitrogens with one attached hydrogen (secondary N) is 1. The molecule has 2 aromatic rings. The third-order valence-corrected chi connectivity index (χ3v) is 2.78. The zero-order valence-electron chi connectivity index (χ0n) is 9.51. The van der Waals surface area contributed by atoms with Gasteiger partial charge in [0.1, 0.15) is 5.82 Å². The normalized spacial score (nSPS) is 9.56. The Labute approximate surface area is 109 Å². The highest BCUT2D eigenvalue weighted by Gasteiger charge is 1.97. The Morgan fingerprint density at radius 2 is 2.11 bits per heavy atom. The molecule has 1 aromatic carbocycles. The second-order valence-electron chi connectivity index (χ2n) is 3.43. The van der Waals surface area contributed by atoms with Crippen molar-refractivity contribution in [2.75, 3.05) is 11.5 Å². The van der Waals surface area contributed by atoms with Gasteiger partial charge in [-0.2, -0.15) is 0 Å². The molecule has 1 heterocycles. The van der Waals surface area contributed by atoms with Gasteiger partial charge < -0.3 is 10.7 Å². The summed E-state index contributed by atoms with van der Waals surface area (Å²) in [5.74, 6) is 6.78. The van der Waals surface area contributed by atoms with Crippen LogP contribution in [0.2, 0.25) is 0 Å². The number of nitrogens with two attached hydrogens (primary N) is 1. The number of aromatic amines is 1. The third kappa shape index (κ3) is 3.68. The van der Waals surface area contributed by atoms with Crippen LogP contribution in [0.15, 0.2) is 46.3 Å². The Balaban J connectivity index is 1.97. The van der Waals surface area contributed by atoms with Crippen LogP contribution in [0, 0.1) is 11.8 Å². The summed E-state index contributed by atoms with van der Waals surface area (Å²) >= 11 is 1.35. The maximum Gasteiger partial charge on any atom is 0.253 e. The van der Waals surface area contributed by atoms with Gasteiger partial charge in [0.15, 0.2) is 5.16 Å². The van der Waals surface area contributed by atoms with Crippen molar-refractivity contribution in [3.63, 3.8) is 0 Å². The Hall–Kier alpha value is -2.19. The second kappa shape index (κ2) is 5.94. The first-order valence-corrected chi connectivity index (χ1v) is 6.26. The lowest BCUT2D eigenvalue weighted by molar-refractivity contribution is 0.947. The van der Waals surface area contributed by atoms with Crippen molar-refractivity contribution in [2.24, 2.45) is 0 Å².